The molecule has 0 radical (unpaired) electrons. The van der Waals surface area contributed by atoms with E-state index in [1.807, 2.05) is 23.3 Å². The first-order valence-electron chi connectivity index (χ1n) is 9.87. The summed E-state index contributed by atoms with van der Waals surface area (Å²) in [6, 6.07) is 2.01. The predicted octanol–water partition coefficient (Wildman–Crippen LogP) is 3.53. The summed E-state index contributed by atoms with van der Waals surface area (Å²) in [5.41, 5.74) is 3.39. The third kappa shape index (κ3) is 5.34. The van der Waals surface area contributed by atoms with Crippen molar-refractivity contribution in [1.29, 1.82) is 0 Å². The third-order valence-electron chi connectivity index (χ3n) is 5.07. The van der Waals surface area contributed by atoms with Gasteiger partial charge in [0, 0.05) is 39.3 Å². The van der Waals surface area contributed by atoms with Crippen LogP contribution in [0.1, 0.15) is 62.5 Å². The van der Waals surface area contributed by atoms with Gasteiger partial charge in [-0.05, 0) is 38.7 Å². The number of imidazole rings is 1. The van der Waals surface area contributed by atoms with E-state index in [1.54, 1.807) is 18.3 Å². The Morgan fingerprint density at radius 1 is 1.33 bits per heavy atom. The van der Waals surface area contributed by atoms with Gasteiger partial charge in [-0.3, -0.25) is 9.58 Å². The van der Waals surface area contributed by atoms with Crippen LogP contribution in [0.3, 0.4) is 0 Å². The molecule has 1 atom stereocenters. The highest BCUT2D eigenvalue weighted by Crippen LogP contribution is 2.28. The van der Waals surface area contributed by atoms with Crippen LogP contribution in [0.2, 0.25) is 0 Å². The number of carbonyl (C=O) groups excluding carboxylic acids is 1. The fraction of sp³-hybridized carbons (Fsp3) is 0.650. The number of rotatable bonds is 9. The van der Waals surface area contributed by atoms with Crippen LogP contribution in [0, 0.1) is 6.92 Å². The molecule has 0 saturated heterocycles. The Morgan fingerprint density at radius 3 is 2.70 bits per heavy atom. The number of urea groups is 1. The van der Waals surface area contributed by atoms with E-state index in [9.17, 15) is 4.79 Å². The number of hydrogen-bond donors (Lipinski definition) is 1. The monoisotopic (exact) mass is 374 g/mol. The van der Waals surface area contributed by atoms with Crippen LogP contribution < -0.4 is 10.2 Å². The number of hydrogen-bond acceptors (Lipinski definition) is 3. The molecule has 0 bridgehead atoms. The van der Waals surface area contributed by atoms with Gasteiger partial charge >= 0.3 is 6.03 Å². The van der Waals surface area contributed by atoms with Crippen molar-refractivity contribution in [3.05, 3.63) is 29.5 Å². The van der Waals surface area contributed by atoms with Crippen molar-refractivity contribution >= 4 is 11.8 Å². The van der Waals surface area contributed by atoms with Crippen molar-refractivity contribution in [1.82, 2.24) is 24.6 Å². The summed E-state index contributed by atoms with van der Waals surface area (Å²) in [5.74, 6) is 1.12. The van der Waals surface area contributed by atoms with Gasteiger partial charge < -0.3 is 9.88 Å². The van der Waals surface area contributed by atoms with Crippen molar-refractivity contribution in [2.45, 2.75) is 58.8 Å². The van der Waals surface area contributed by atoms with E-state index in [1.165, 1.54) is 5.69 Å². The van der Waals surface area contributed by atoms with Crippen LogP contribution in [-0.4, -0.2) is 39.0 Å². The summed E-state index contributed by atoms with van der Waals surface area (Å²) < 4.78 is 3.92. The number of nitrogens with zero attached hydrogens (tertiary/aromatic N) is 5. The van der Waals surface area contributed by atoms with Crippen LogP contribution >= 0.6 is 0 Å². The zero-order valence-corrected chi connectivity index (χ0v) is 17.6. The molecule has 0 aliphatic carbocycles. The molecule has 0 fully saturated rings. The number of amides is 2. The molecule has 2 aromatic heterocycles. The summed E-state index contributed by atoms with van der Waals surface area (Å²) in [4.78, 5) is 18.6. The molecular weight excluding hydrogens is 340 g/mol. The number of nitrogens with one attached hydrogen (secondary N) is 1. The summed E-state index contributed by atoms with van der Waals surface area (Å²) in [6.45, 7) is 7.08. The van der Waals surface area contributed by atoms with E-state index in [2.05, 4.69) is 42.2 Å². The van der Waals surface area contributed by atoms with Gasteiger partial charge in [-0.1, -0.05) is 20.3 Å². The van der Waals surface area contributed by atoms with Crippen molar-refractivity contribution in [3.8, 4) is 0 Å². The van der Waals surface area contributed by atoms with E-state index < -0.39 is 0 Å². The molecule has 1 unspecified atom stereocenters. The lowest BCUT2D eigenvalue weighted by molar-refractivity contribution is 0.247. The van der Waals surface area contributed by atoms with Gasteiger partial charge in [0.15, 0.2) is 5.82 Å². The highest BCUT2D eigenvalue weighted by molar-refractivity contribution is 5.91. The normalized spacial score (nSPS) is 12.2. The molecule has 0 aliphatic heterocycles. The Balaban J connectivity index is 1.82. The number of unbranched alkanes of at least 4 members (excludes halogenated alkanes) is 1. The van der Waals surface area contributed by atoms with E-state index >= 15 is 0 Å². The number of aryl methyl sites for hydroxylation is 4. The van der Waals surface area contributed by atoms with Gasteiger partial charge in [-0.25, -0.2) is 9.78 Å². The van der Waals surface area contributed by atoms with Crippen molar-refractivity contribution in [3.63, 3.8) is 0 Å². The van der Waals surface area contributed by atoms with Crippen molar-refractivity contribution < 1.29 is 4.79 Å². The zero-order chi connectivity index (χ0) is 20.0. The second-order valence-electron chi connectivity index (χ2n) is 7.40. The Hall–Kier alpha value is -2.31. The molecule has 1 N–H and O–H groups in total. The SMILES string of the molecule is CCCC(C)c1c(N(C)C(=O)NCCCCc2cc(C)n(C)n2)ncn1C. The molecule has 0 spiro atoms. The number of anilines is 1. The lowest BCUT2D eigenvalue weighted by atomic mass is 10.0. The Bertz CT molecular complexity index is 728. The first kappa shape index (κ1) is 21.0. The molecule has 0 aliphatic rings. The minimum atomic E-state index is -0.104. The molecule has 2 heterocycles. The predicted molar refractivity (Wildman–Crippen MR) is 109 cm³/mol. The smallest absolute Gasteiger partial charge is 0.322 e. The molecule has 2 amide bonds. The standard InChI is InChI=1S/C20H34N6O/c1-7-10-15(2)18-19(22-14-24(18)4)25(5)20(27)21-12-9-8-11-17-13-16(3)26(6)23-17/h13-15H,7-12H2,1-6H3,(H,21,27). The van der Waals surface area contributed by atoms with Gasteiger partial charge in [0.25, 0.3) is 0 Å². The van der Waals surface area contributed by atoms with Gasteiger partial charge in [0.1, 0.15) is 0 Å². The van der Waals surface area contributed by atoms with Crippen LogP contribution in [-0.2, 0) is 20.5 Å². The van der Waals surface area contributed by atoms with Gasteiger partial charge in [0.2, 0.25) is 0 Å². The Labute approximate surface area is 162 Å². The molecule has 0 saturated carbocycles. The van der Waals surface area contributed by atoms with Crippen LogP contribution in [0.25, 0.3) is 0 Å². The second-order valence-corrected chi connectivity index (χ2v) is 7.40. The molecule has 2 rings (SSSR count). The molecule has 7 heteroatoms. The van der Waals surface area contributed by atoms with E-state index in [4.69, 9.17) is 0 Å². The van der Waals surface area contributed by atoms with Crippen LogP contribution in [0.4, 0.5) is 10.6 Å². The maximum atomic E-state index is 12.5. The summed E-state index contributed by atoms with van der Waals surface area (Å²) in [6.07, 6.45) is 6.84. The lowest BCUT2D eigenvalue weighted by Gasteiger charge is -2.20. The highest BCUT2D eigenvalue weighted by Gasteiger charge is 2.21. The average Bonchev–Trinajstić information content (AvgIpc) is 3.16. The fourth-order valence-corrected chi connectivity index (χ4v) is 3.42. The third-order valence-corrected chi connectivity index (χ3v) is 5.07. The molecule has 150 valence electrons. The molecule has 0 aromatic carbocycles. The van der Waals surface area contributed by atoms with Crippen molar-refractivity contribution in [2.75, 3.05) is 18.5 Å². The van der Waals surface area contributed by atoms with E-state index in [-0.39, 0.29) is 6.03 Å². The number of carbonyl (C=O) groups is 1. The van der Waals surface area contributed by atoms with E-state index in [0.29, 0.717) is 12.5 Å². The zero-order valence-electron chi connectivity index (χ0n) is 17.6. The minimum Gasteiger partial charge on any atom is -0.338 e. The minimum absolute atomic E-state index is 0.104. The van der Waals surface area contributed by atoms with E-state index in [0.717, 1.165) is 49.3 Å². The maximum Gasteiger partial charge on any atom is 0.322 e. The Morgan fingerprint density at radius 2 is 2.07 bits per heavy atom. The first-order chi connectivity index (χ1) is 12.8. The van der Waals surface area contributed by atoms with Crippen molar-refractivity contribution in [2.24, 2.45) is 14.1 Å². The molecule has 7 nitrogen and oxygen atoms in total. The quantitative estimate of drug-likeness (QED) is 0.683. The topological polar surface area (TPSA) is 68.0 Å². The van der Waals surface area contributed by atoms with Crippen LogP contribution in [0.5, 0.6) is 0 Å². The van der Waals surface area contributed by atoms with Gasteiger partial charge in [-0.2, -0.15) is 5.10 Å². The largest absolute Gasteiger partial charge is 0.338 e. The summed E-state index contributed by atoms with van der Waals surface area (Å²) in [7, 11) is 5.74. The number of aromatic nitrogens is 4. The molecule has 2 aromatic rings. The first-order valence-corrected chi connectivity index (χ1v) is 9.87. The van der Waals surface area contributed by atoms with Gasteiger partial charge in [0.05, 0.1) is 17.7 Å². The average molecular weight is 375 g/mol. The maximum absolute atomic E-state index is 12.5. The highest BCUT2D eigenvalue weighted by atomic mass is 16.2. The second kappa shape index (κ2) is 9.58. The van der Waals surface area contributed by atoms with Gasteiger partial charge in [-0.15, -0.1) is 0 Å². The van der Waals surface area contributed by atoms with Crippen LogP contribution in [0.15, 0.2) is 12.4 Å². The fourth-order valence-electron chi connectivity index (χ4n) is 3.42. The Kier molecular flexibility index (Phi) is 7.45. The summed E-state index contributed by atoms with van der Waals surface area (Å²) >= 11 is 0. The lowest BCUT2D eigenvalue weighted by Crippen LogP contribution is -2.38. The summed E-state index contributed by atoms with van der Waals surface area (Å²) in [5, 5.41) is 7.47. The molecular formula is C20H34N6O. The molecule has 27 heavy (non-hydrogen) atoms.